The first-order valence-corrected chi connectivity index (χ1v) is 8.07. The lowest BCUT2D eigenvalue weighted by Crippen LogP contribution is -2.09. The first-order valence-electron chi connectivity index (χ1n) is 6.43. The fourth-order valence-electron chi connectivity index (χ4n) is 2.07. The van der Waals surface area contributed by atoms with Crippen LogP contribution < -0.4 is 5.32 Å². The summed E-state index contributed by atoms with van der Waals surface area (Å²) in [4.78, 5) is 28.7. The summed E-state index contributed by atoms with van der Waals surface area (Å²) in [6, 6.07) is 6.26. The zero-order valence-electron chi connectivity index (χ0n) is 11.8. The van der Waals surface area contributed by atoms with Crippen LogP contribution in [0.4, 0.5) is 9.52 Å². The second kappa shape index (κ2) is 5.58. The molecule has 0 aliphatic carbocycles. The number of Topliss-reactive ketones (excluding diaryl/α,β-unsaturated/α-hetero) is 1. The van der Waals surface area contributed by atoms with Gasteiger partial charge in [-0.1, -0.05) is 17.4 Å². The summed E-state index contributed by atoms with van der Waals surface area (Å²) < 4.78 is 14.4. The zero-order valence-corrected chi connectivity index (χ0v) is 13.4. The molecule has 1 aromatic carbocycles. The quantitative estimate of drug-likeness (QED) is 0.728. The number of thiazole rings is 1. The number of hydrogen-bond acceptors (Lipinski definition) is 5. The lowest BCUT2D eigenvalue weighted by Gasteiger charge is -1.97. The van der Waals surface area contributed by atoms with Crippen molar-refractivity contribution in [3.63, 3.8) is 0 Å². The van der Waals surface area contributed by atoms with Gasteiger partial charge in [-0.25, -0.2) is 9.37 Å². The number of anilines is 1. The largest absolute Gasteiger partial charge is 0.297 e. The van der Waals surface area contributed by atoms with Crippen LogP contribution in [0.15, 0.2) is 24.3 Å². The van der Waals surface area contributed by atoms with Crippen LogP contribution in [0.5, 0.6) is 0 Å². The topological polar surface area (TPSA) is 59.1 Å². The third kappa shape index (κ3) is 2.65. The summed E-state index contributed by atoms with van der Waals surface area (Å²) >= 11 is 2.35. The predicted octanol–water partition coefficient (Wildman–Crippen LogP) is 4.26. The number of benzene rings is 1. The van der Waals surface area contributed by atoms with E-state index in [1.165, 1.54) is 30.4 Å². The van der Waals surface area contributed by atoms with Gasteiger partial charge >= 0.3 is 0 Å². The number of rotatable bonds is 3. The number of hydrogen-bond donors (Lipinski definition) is 1. The zero-order chi connectivity index (χ0) is 15.9. The van der Waals surface area contributed by atoms with E-state index in [1.807, 2.05) is 0 Å². The van der Waals surface area contributed by atoms with E-state index in [-0.39, 0.29) is 17.5 Å². The smallest absolute Gasteiger partial charge is 0.267 e. The van der Waals surface area contributed by atoms with Gasteiger partial charge in [0.25, 0.3) is 5.91 Å². The molecule has 2 aromatic heterocycles. The van der Waals surface area contributed by atoms with E-state index in [9.17, 15) is 14.0 Å². The van der Waals surface area contributed by atoms with Gasteiger partial charge < -0.3 is 0 Å². The molecule has 0 unspecified atom stereocenters. The number of carbonyl (C=O) groups excluding carboxylic acids is 2. The maximum Gasteiger partial charge on any atom is 0.267 e. The minimum absolute atomic E-state index is 0.0839. The fraction of sp³-hybridized carbons (Fsp3) is 0.133. The predicted molar refractivity (Wildman–Crippen MR) is 86.6 cm³/mol. The van der Waals surface area contributed by atoms with Crippen LogP contribution in [0.1, 0.15) is 32.0 Å². The van der Waals surface area contributed by atoms with Crippen molar-refractivity contribution >= 4 is 49.6 Å². The number of aromatic nitrogens is 1. The van der Waals surface area contributed by atoms with E-state index in [4.69, 9.17) is 0 Å². The Bertz CT molecular complexity index is 898. The standard InChI is InChI=1S/C15H11FN2O2S2/c1-7-13(8(2)19)22-15(17-7)18-14(20)12-6-9-10(16)4-3-5-11(9)21-12/h3-6H,1-2H3,(H,17,18,20). The molecule has 0 bridgehead atoms. The molecule has 0 atom stereocenters. The van der Waals surface area contributed by atoms with Crippen LogP contribution in [0.2, 0.25) is 0 Å². The Morgan fingerprint density at radius 2 is 2.05 bits per heavy atom. The van der Waals surface area contributed by atoms with Crippen molar-refractivity contribution in [3.05, 3.63) is 45.5 Å². The lowest BCUT2D eigenvalue weighted by atomic mass is 10.2. The maximum absolute atomic E-state index is 13.7. The van der Waals surface area contributed by atoms with Crippen LogP contribution in [0.25, 0.3) is 10.1 Å². The molecule has 4 nitrogen and oxygen atoms in total. The van der Waals surface area contributed by atoms with Crippen LogP contribution in [0.3, 0.4) is 0 Å². The van der Waals surface area contributed by atoms with E-state index >= 15 is 0 Å². The van der Waals surface area contributed by atoms with Gasteiger partial charge in [0.15, 0.2) is 10.9 Å². The number of carbonyl (C=O) groups is 2. The Kier molecular flexibility index (Phi) is 3.76. The number of fused-ring (bicyclic) bond motifs is 1. The number of nitrogens with one attached hydrogen (secondary N) is 1. The van der Waals surface area contributed by atoms with Crippen molar-refractivity contribution in [3.8, 4) is 0 Å². The molecule has 0 aliphatic heterocycles. The number of ketones is 1. The molecular weight excluding hydrogens is 323 g/mol. The number of nitrogens with zero attached hydrogens (tertiary/aromatic N) is 1. The number of aryl methyl sites for hydroxylation is 1. The lowest BCUT2D eigenvalue weighted by molar-refractivity contribution is 0.101. The van der Waals surface area contributed by atoms with Crippen LogP contribution in [0, 0.1) is 12.7 Å². The van der Waals surface area contributed by atoms with E-state index in [2.05, 4.69) is 10.3 Å². The minimum Gasteiger partial charge on any atom is -0.297 e. The monoisotopic (exact) mass is 334 g/mol. The Hall–Kier alpha value is -2.12. The van der Waals surface area contributed by atoms with Crippen LogP contribution >= 0.6 is 22.7 Å². The van der Waals surface area contributed by atoms with Crippen molar-refractivity contribution in [1.29, 1.82) is 0 Å². The second-order valence-electron chi connectivity index (χ2n) is 4.71. The van der Waals surface area contributed by atoms with Crippen molar-refractivity contribution in [1.82, 2.24) is 4.98 Å². The highest BCUT2D eigenvalue weighted by molar-refractivity contribution is 7.21. The van der Waals surface area contributed by atoms with Crippen molar-refractivity contribution in [2.45, 2.75) is 13.8 Å². The van der Waals surface area contributed by atoms with Crippen molar-refractivity contribution < 1.29 is 14.0 Å². The first kappa shape index (κ1) is 14.8. The summed E-state index contributed by atoms with van der Waals surface area (Å²) in [5.74, 6) is -0.791. The van der Waals surface area contributed by atoms with E-state index in [0.29, 0.717) is 30.7 Å². The van der Waals surface area contributed by atoms with Gasteiger partial charge in [0.2, 0.25) is 0 Å². The second-order valence-corrected chi connectivity index (χ2v) is 6.79. The molecule has 3 aromatic rings. The van der Waals surface area contributed by atoms with Gasteiger partial charge in [-0.3, -0.25) is 14.9 Å². The SMILES string of the molecule is CC(=O)c1sc(NC(=O)c2cc3c(F)cccc3s2)nc1C. The summed E-state index contributed by atoms with van der Waals surface area (Å²) in [7, 11) is 0. The Labute approximate surface area is 133 Å². The van der Waals surface area contributed by atoms with Gasteiger partial charge in [0.05, 0.1) is 15.4 Å². The normalized spacial score (nSPS) is 10.9. The molecule has 1 N–H and O–H groups in total. The van der Waals surface area contributed by atoms with Crippen LogP contribution in [-0.4, -0.2) is 16.7 Å². The molecule has 0 radical (unpaired) electrons. The molecule has 0 spiro atoms. The Morgan fingerprint density at radius 3 is 2.68 bits per heavy atom. The molecular formula is C15H11FN2O2S2. The molecule has 112 valence electrons. The molecule has 0 aliphatic rings. The molecule has 7 heteroatoms. The average Bonchev–Trinajstić information content (AvgIpc) is 3.03. The third-order valence-electron chi connectivity index (χ3n) is 3.07. The summed E-state index contributed by atoms with van der Waals surface area (Å²) in [5.41, 5.74) is 0.593. The average molecular weight is 334 g/mol. The molecule has 1 amide bonds. The van der Waals surface area contributed by atoms with Crippen molar-refractivity contribution in [2.24, 2.45) is 0 Å². The molecule has 0 fully saturated rings. The van der Waals surface area contributed by atoms with Crippen molar-refractivity contribution in [2.75, 3.05) is 5.32 Å². The Balaban J connectivity index is 1.88. The third-order valence-corrected chi connectivity index (χ3v) is 5.34. The first-order chi connectivity index (χ1) is 10.5. The van der Waals surface area contributed by atoms with Gasteiger partial charge in [-0.05, 0) is 25.1 Å². The maximum atomic E-state index is 13.7. The highest BCUT2D eigenvalue weighted by atomic mass is 32.1. The number of thiophene rings is 1. The van der Waals surface area contributed by atoms with Gasteiger partial charge in [0.1, 0.15) is 5.82 Å². The molecule has 2 heterocycles. The molecule has 3 rings (SSSR count). The molecule has 0 saturated carbocycles. The number of halogens is 1. The summed E-state index contributed by atoms with van der Waals surface area (Å²) in [6.07, 6.45) is 0. The highest BCUT2D eigenvalue weighted by Crippen LogP contribution is 2.29. The van der Waals surface area contributed by atoms with E-state index in [0.717, 1.165) is 11.3 Å². The van der Waals surface area contributed by atoms with E-state index in [1.54, 1.807) is 19.1 Å². The van der Waals surface area contributed by atoms with Crippen LogP contribution in [-0.2, 0) is 0 Å². The summed E-state index contributed by atoms with van der Waals surface area (Å²) in [5, 5.41) is 3.45. The highest BCUT2D eigenvalue weighted by Gasteiger charge is 2.16. The minimum atomic E-state index is -0.357. The van der Waals surface area contributed by atoms with E-state index < -0.39 is 0 Å². The number of amides is 1. The van der Waals surface area contributed by atoms with Gasteiger partial charge in [0, 0.05) is 17.0 Å². The van der Waals surface area contributed by atoms with Gasteiger partial charge in [-0.15, -0.1) is 11.3 Å². The summed E-state index contributed by atoms with van der Waals surface area (Å²) in [6.45, 7) is 3.18. The molecule has 22 heavy (non-hydrogen) atoms. The molecule has 0 saturated heterocycles. The Morgan fingerprint density at radius 1 is 1.27 bits per heavy atom. The van der Waals surface area contributed by atoms with Gasteiger partial charge in [-0.2, -0.15) is 0 Å². The fourth-order valence-corrected chi connectivity index (χ4v) is 3.90.